The molecule has 0 saturated heterocycles. The number of para-hydroxylation sites is 1. The van der Waals surface area contributed by atoms with Crippen LogP contribution in [0.15, 0.2) is 91.0 Å². The first kappa shape index (κ1) is 17.4. The van der Waals surface area contributed by atoms with Crippen molar-refractivity contribution >= 4 is 10.9 Å². The number of rotatable bonds is 5. The van der Waals surface area contributed by atoms with Crippen molar-refractivity contribution in [2.24, 2.45) is 0 Å². The Morgan fingerprint density at radius 1 is 0.852 bits per heavy atom. The molecule has 1 atom stereocenters. The average Bonchev–Trinajstić information content (AvgIpc) is 2.73. The Bertz CT molecular complexity index is 1030. The van der Waals surface area contributed by atoms with E-state index in [-0.39, 0.29) is 0 Å². The van der Waals surface area contributed by atoms with Crippen LogP contribution in [0.4, 0.5) is 0 Å². The summed E-state index contributed by atoms with van der Waals surface area (Å²) in [5, 5.41) is 12.1. The fourth-order valence-corrected chi connectivity index (χ4v) is 3.37. The normalized spacial score (nSPS) is 12.4. The summed E-state index contributed by atoms with van der Waals surface area (Å²) >= 11 is 0. The molecular weight excluding hydrogens is 332 g/mol. The Morgan fingerprint density at radius 3 is 2.22 bits per heavy atom. The van der Waals surface area contributed by atoms with E-state index in [4.69, 9.17) is 4.98 Å². The van der Waals surface area contributed by atoms with Crippen LogP contribution in [-0.4, -0.2) is 22.0 Å². The molecule has 0 bridgehead atoms. The van der Waals surface area contributed by atoms with Crippen LogP contribution in [0.5, 0.6) is 0 Å². The molecule has 1 heterocycles. The van der Waals surface area contributed by atoms with Crippen molar-refractivity contribution in [3.63, 3.8) is 0 Å². The van der Waals surface area contributed by atoms with E-state index in [1.54, 1.807) is 0 Å². The minimum Gasteiger partial charge on any atom is -0.374 e. The van der Waals surface area contributed by atoms with Crippen LogP contribution in [0.2, 0.25) is 0 Å². The van der Waals surface area contributed by atoms with Crippen molar-refractivity contribution in [3.8, 4) is 11.3 Å². The summed E-state index contributed by atoms with van der Waals surface area (Å²) in [6.07, 6.45) is -0.722. The van der Waals surface area contributed by atoms with Crippen LogP contribution >= 0.6 is 0 Å². The quantitative estimate of drug-likeness (QED) is 0.511. The Balaban J connectivity index is 1.75. The summed E-state index contributed by atoms with van der Waals surface area (Å²) in [5.74, 6) is 0. The maximum absolute atomic E-state index is 11.1. The minimum atomic E-state index is -0.722. The number of aliphatic hydroxyl groups excluding tert-OH is 1. The molecule has 0 saturated carbocycles. The lowest BCUT2D eigenvalue weighted by Crippen LogP contribution is -2.24. The van der Waals surface area contributed by atoms with Gasteiger partial charge in [-0.15, -0.1) is 0 Å². The first-order valence-corrected chi connectivity index (χ1v) is 9.10. The average molecular weight is 354 g/mol. The Labute approximate surface area is 159 Å². The maximum Gasteiger partial charge on any atom is 0.134 e. The molecule has 0 radical (unpaired) electrons. The highest BCUT2D eigenvalue weighted by Crippen LogP contribution is 2.30. The van der Waals surface area contributed by atoms with E-state index in [1.165, 1.54) is 5.56 Å². The van der Waals surface area contributed by atoms with E-state index >= 15 is 0 Å². The Morgan fingerprint density at radius 2 is 1.48 bits per heavy atom. The molecule has 0 aliphatic heterocycles. The molecule has 4 rings (SSSR count). The van der Waals surface area contributed by atoms with E-state index in [9.17, 15) is 5.11 Å². The lowest BCUT2D eigenvalue weighted by molar-refractivity contribution is 0.0164. The molecule has 27 heavy (non-hydrogen) atoms. The van der Waals surface area contributed by atoms with Gasteiger partial charge in [-0.25, -0.2) is 4.98 Å². The fourth-order valence-electron chi connectivity index (χ4n) is 3.37. The van der Waals surface area contributed by atoms with Crippen molar-refractivity contribution < 1.29 is 5.11 Å². The van der Waals surface area contributed by atoms with Crippen molar-refractivity contribution in [1.82, 2.24) is 9.88 Å². The number of aliphatic hydroxyl groups is 1. The number of benzene rings is 3. The zero-order chi connectivity index (χ0) is 18.6. The van der Waals surface area contributed by atoms with Gasteiger partial charge in [0.05, 0.1) is 11.2 Å². The van der Waals surface area contributed by atoms with E-state index < -0.39 is 6.23 Å². The molecule has 4 aromatic rings. The lowest BCUT2D eigenvalue weighted by atomic mass is 10.0. The number of fused-ring (bicyclic) bond motifs is 1. The third kappa shape index (κ3) is 3.75. The first-order chi connectivity index (χ1) is 13.2. The molecule has 0 amide bonds. The zero-order valence-corrected chi connectivity index (χ0v) is 15.3. The lowest BCUT2D eigenvalue weighted by Gasteiger charge is -2.25. The van der Waals surface area contributed by atoms with Gasteiger partial charge in [0.2, 0.25) is 0 Å². The van der Waals surface area contributed by atoms with E-state index in [0.29, 0.717) is 6.54 Å². The van der Waals surface area contributed by atoms with Crippen molar-refractivity contribution in [3.05, 3.63) is 102 Å². The van der Waals surface area contributed by atoms with Gasteiger partial charge in [-0.1, -0.05) is 78.9 Å². The molecule has 0 spiro atoms. The van der Waals surface area contributed by atoms with Gasteiger partial charge in [-0.3, -0.25) is 4.90 Å². The summed E-state index contributed by atoms with van der Waals surface area (Å²) in [5.41, 5.74) is 4.85. The fraction of sp³-hybridized carbons (Fsp3) is 0.125. The second kappa shape index (κ2) is 7.70. The third-order valence-corrected chi connectivity index (χ3v) is 4.79. The van der Waals surface area contributed by atoms with Gasteiger partial charge in [-0.2, -0.15) is 0 Å². The van der Waals surface area contributed by atoms with Crippen molar-refractivity contribution in [2.75, 3.05) is 7.05 Å². The number of hydrogen-bond acceptors (Lipinski definition) is 3. The molecule has 3 nitrogen and oxygen atoms in total. The third-order valence-electron chi connectivity index (χ3n) is 4.79. The molecule has 3 heteroatoms. The summed E-state index contributed by atoms with van der Waals surface area (Å²) in [6.45, 7) is 0.666. The smallest absolute Gasteiger partial charge is 0.134 e. The molecule has 3 aromatic carbocycles. The molecule has 0 aliphatic rings. The van der Waals surface area contributed by atoms with Crippen LogP contribution in [-0.2, 0) is 6.54 Å². The SMILES string of the molecule is CN(Cc1ccccc1)C(O)c1cc(-c2ccccc2)nc2ccccc12. The topological polar surface area (TPSA) is 36.4 Å². The van der Waals surface area contributed by atoms with Gasteiger partial charge in [-0.05, 0) is 24.7 Å². The molecule has 0 fully saturated rings. The predicted molar refractivity (Wildman–Crippen MR) is 110 cm³/mol. The van der Waals surface area contributed by atoms with Gasteiger partial charge in [0, 0.05) is 23.1 Å². The highest BCUT2D eigenvalue weighted by atomic mass is 16.3. The number of nitrogens with zero attached hydrogens (tertiary/aromatic N) is 2. The van der Waals surface area contributed by atoms with Crippen LogP contribution in [0.3, 0.4) is 0 Å². The molecule has 134 valence electrons. The summed E-state index contributed by atoms with van der Waals surface area (Å²) in [4.78, 5) is 6.75. The second-order valence-corrected chi connectivity index (χ2v) is 6.75. The highest BCUT2D eigenvalue weighted by Gasteiger charge is 2.18. The van der Waals surface area contributed by atoms with Gasteiger partial charge in [0.1, 0.15) is 6.23 Å². The van der Waals surface area contributed by atoms with Gasteiger partial charge < -0.3 is 5.11 Å². The van der Waals surface area contributed by atoms with Gasteiger partial charge in [0.15, 0.2) is 0 Å². The van der Waals surface area contributed by atoms with Crippen LogP contribution in [0.25, 0.3) is 22.2 Å². The van der Waals surface area contributed by atoms with Crippen molar-refractivity contribution in [1.29, 1.82) is 0 Å². The van der Waals surface area contributed by atoms with Crippen LogP contribution in [0, 0.1) is 0 Å². The van der Waals surface area contributed by atoms with Crippen molar-refractivity contribution in [2.45, 2.75) is 12.8 Å². The predicted octanol–water partition coefficient (Wildman–Crippen LogP) is 5.02. The Hall–Kier alpha value is -3.01. The first-order valence-electron chi connectivity index (χ1n) is 9.10. The number of hydrogen-bond donors (Lipinski definition) is 1. The van der Waals surface area contributed by atoms with Gasteiger partial charge in [0.25, 0.3) is 0 Å². The minimum absolute atomic E-state index is 0.666. The largest absolute Gasteiger partial charge is 0.374 e. The molecule has 1 aromatic heterocycles. The van der Waals surface area contributed by atoms with Crippen LogP contribution < -0.4 is 0 Å². The second-order valence-electron chi connectivity index (χ2n) is 6.75. The van der Waals surface area contributed by atoms with Crippen LogP contribution in [0.1, 0.15) is 17.4 Å². The summed E-state index contributed by atoms with van der Waals surface area (Å²) < 4.78 is 0. The van der Waals surface area contributed by atoms with Gasteiger partial charge >= 0.3 is 0 Å². The van der Waals surface area contributed by atoms with E-state index in [1.807, 2.05) is 90.8 Å². The number of aromatic nitrogens is 1. The summed E-state index contributed by atoms with van der Waals surface area (Å²) in [7, 11) is 1.94. The highest BCUT2D eigenvalue weighted by molar-refractivity contribution is 5.85. The van der Waals surface area contributed by atoms with E-state index in [2.05, 4.69) is 12.1 Å². The molecule has 1 N–H and O–H groups in total. The maximum atomic E-state index is 11.1. The Kier molecular flexibility index (Phi) is 4.97. The summed E-state index contributed by atoms with van der Waals surface area (Å²) in [6, 6.07) is 30.3. The number of pyridine rings is 1. The molecule has 0 aliphatic carbocycles. The molecular formula is C24H22N2O. The monoisotopic (exact) mass is 354 g/mol. The van der Waals surface area contributed by atoms with E-state index in [0.717, 1.165) is 27.7 Å². The molecule has 1 unspecified atom stereocenters. The zero-order valence-electron chi connectivity index (χ0n) is 15.3. The standard InChI is InChI=1S/C24H22N2O/c1-26(17-18-10-4-2-5-11-18)24(27)21-16-23(19-12-6-3-7-13-19)25-22-15-9-8-14-20(21)22/h2-16,24,27H,17H2,1H3.